The van der Waals surface area contributed by atoms with Crippen LogP contribution in [-0.4, -0.2) is 57.8 Å². The highest BCUT2D eigenvalue weighted by Crippen LogP contribution is 2.78. The normalized spacial score (nSPS) is 40.1. The van der Waals surface area contributed by atoms with E-state index in [9.17, 15) is 28.2 Å². The highest BCUT2D eigenvalue weighted by atomic mass is 35.5. The van der Waals surface area contributed by atoms with Gasteiger partial charge >= 0.3 is 12.2 Å². The number of hydrogen-bond donors (Lipinski definition) is 3. The van der Waals surface area contributed by atoms with Crippen LogP contribution in [0.3, 0.4) is 0 Å². The number of nitrogens with zero attached hydrogens (tertiary/aromatic N) is 1. The van der Waals surface area contributed by atoms with Gasteiger partial charge in [-0.3, -0.25) is 4.79 Å². The van der Waals surface area contributed by atoms with Crippen LogP contribution in [0.15, 0.2) is 58.6 Å². The summed E-state index contributed by atoms with van der Waals surface area (Å²) in [5.74, 6) is 1.24. The number of alkyl halides is 3. The van der Waals surface area contributed by atoms with E-state index < -0.39 is 39.7 Å². The van der Waals surface area contributed by atoms with Crippen LogP contribution >= 0.6 is 11.6 Å². The molecule has 1 aromatic heterocycles. The topological polar surface area (TPSA) is 103 Å². The van der Waals surface area contributed by atoms with E-state index in [1.165, 1.54) is 31.0 Å². The second-order valence-electron chi connectivity index (χ2n) is 21.2. The standard InChI is InChI=1S/C48H60ClF3N2O5/c1-27(2)53-41(57)54(25-28-7-8-29-22-33(28)42(29,3)4)26-46(58)18-15-39-44(46,6)17-14-38-43(5)16-13-31(55)23-45(43)19-20-47(38,39)34(24-45)40(56)37-12-11-36(59-37)32-21-30(48(50,51)52)9-10-35(32)49/h9-12,19-21,24,27-29,31,33,38-39,55,58H,7-8,13-18,22-23,25-26H2,1-6H3,(H,53,57)/t28-,29-,31?,33-,38+,39+,43+,44-,45-,46+,47+/m0/s1. The number of aliphatic hydroxyl groups is 2. The molecule has 2 amide bonds. The van der Waals surface area contributed by atoms with Crippen molar-refractivity contribution in [3.63, 3.8) is 0 Å². The molecule has 3 N–H and O–H groups in total. The smallest absolute Gasteiger partial charge is 0.416 e. The van der Waals surface area contributed by atoms with Gasteiger partial charge in [-0.25, -0.2) is 4.79 Å². The highest BCUT2D eigenvalue weighted by Gasteiger charge is 2.75. The number of ketones is 1. The Morgan fingerprint density at radius 1 is 0.966 bits per heavy atom. The number of carbonyl (C=O) groups is 2. The maximum absolute atomic E-state index is 15.2. The van der Waals surface area contributed by atoms with Crippen molar-refractivity contribution in [1.29, 1.82) is 0 Å². The molecule has 2 aromatic rings. The molecular weight excluding hydrogens is 777 g/mol. The second kappa shape index (κ2) is 13.5. The van der Waals surface area contributed by atoms with Crippen molar-refractivity contribution in [3.05, 3.63) is 70.5 Å². The Bertz CT molecular complexity index is 2130. The molecule has 11 rings (SSSR count). The first-order valence-electron chi connectivity index (χ1n) is 22.0. The fraction of sp³-hybridized carbons (Fsp3) is 0.667. The van der Waals surface area contributed by atoms with E-state index in [-0.39, 0.29) is 69.2 Å². The predicted octanol–water partition coefficient (Wildman–Crippen LogP) is 10.9. The van der Waals surface area contributed by atoms with Gasteiger partial charge in [-0.1, -0.05) is 57.5 Å². The number of allylic oxidation sites excluding steroid dienone is 4. The summed E-state index contributed by atoms with van der Waals surface area (Å²) in [5, 5.41) is 27.6. The minimum atomic E-state index is -4.59. The molecule has 11 atom stereocenters. The average Bonchev–Trinajstić information content (AvgIpc) is 3.76. The van der Waals surface area contributed by atoms with Crippen molar-refractivity contribution in [2.24, 2.45) is 56.7 Å². The van der Waals surface area contributed by atoms with Gasteiger partial charge in [0.1, 0.15) is 5.76 Å². The molecule has 6 saturated carbocycles. The lowest BCUT2D eigenvalue weighted by atomic mass is 9.32. The van der Waals surface area contributed by atoms with Crippen LogP contribution in [0.4, 0.5) is 18.0 Å². The number of Topliss-reactive ketones (excluding diaryl/α,β-unsaturated/α-hetero) is 1. The summed E-state index contributed by atoms with van der Waals surface area (Å²) in [6.45, 7) is 13.9. The van der Waals surface area contributed by atoms with Crippen LogP contribution in [0.5, 0.6) is 0 Å². The summed E-state index contributed by atoms with van der Waals surface area (Å²) < 4.78 is 47.4. The number of furan rings is 1. The second-order valence-corrected chi connectivity index (χ2v) is 21.6. The lowest BCUT2D eigenvalue weighted by Crippen LogP contribution is -2.67. The maximum Gasteiger partial charge on any atom is 0.416 e. The molecule has 1 unspecified atom stereocenters. The molecule has 9 aliphatic rings. The fourth-order valence-corrected chi connectivity index (χ4v) is 14.8. The molecule has 0 saturated heterocycles. The zero-order chi connectivity index (χ0) is 42.3. The van der Waals surface area contributed by atoms with Crippen molar-refractivity contribution in [3.8, 4) is 11.3 Å². The van der Waals surface area contributed by atoms with Gasteiger partial charge in [-0.15, -0.1) is 0 Å². The van der Waals surface area contributed by atoms with Gasteiger partial charge in [0.2, 0.25) is 5.78 Å². The molecule has 2 spiro atoms. The Hall–Kier alpha value is -3.08. The molecular formula is C48H60ClF3N2O5. The zero-order valence-corrected chi connectivity index (χ0v) is 36.0. The number of fused-ring (bicyclic) bond motifs is 3. The molecule has 59 heavy (non-hydrogen) atoms. The van der Waals surface area contributed by atoms with Gasteiger partial charge in [0.05, 0.1) is 28.8 Å². The van der Waals surface area contributed by atoms with E-state index >= 15 is 4.79 Å². The van der Waals surface area contributed by atoms with Crippen molar-refractivity contribution in [2.75, 3.05) is 13.1 Å². The number of rotatable bonds is 8. The molecule has 6 fully saturated rings. The summed E-state index contributed by atoms with van der Waals surface area (Å²) in [7, 11) is 0. The van der Waals surface area contributed by atoms with E-state index in [1.807, 2.05) is 18.7 Å². The van der Waals surface area contributed by atoms with Gasteiger partial charge in [0.25, 0.3) is 0 Å². The Morgan fingerprint density at radius 2 is 1.68 bits per heavy atom. The predicted molar refractivity (Wildman–Crippen MR) is 220 cm³/mol. The third kappa shape index (κ3) is 5.87. The molecule has 4 bridgehead atoms. The van der Waals surface area contributed by atoms with E-state index in [2.05, 4.69) is 51.2 Å². The fourth-order valence-electron chi connectivity index (χ4n) is 14.6. The molecule has 1 heterocycles. The summed E-state index contributed by atoms with van der Waals surface area (Å²) in [4.78, 5) is 31.2. The number of aliphatic hydroxyl groups excluding tert-OH is 1. The summed E-state index contributed by atoms with van der Waals surface area (Å²) >= 11 is 6.41. The van der Waals surface area contributed by atoms with Gasteiger partial charge < -0.3 is 24.8 Å². The van der Waals surface area contributed by atoms with E-state index in [0.717, 1.165) is 43.7 Å². The Kier molecular flexibility index (Phi) is 9.42. The molecule has 11 heteroatoms. The third-order valence-electron chi connectivity index (χ3n) is 18.0. The molecule has 7 nitrogen and oxygen atoms in total. The van der Waals surface area contributed by atoms with Crippen LogP contribution in [0.2, 0.25) is 5.02 Å². The first-order valence-corrected chi connectivity index (χ1v) is 22.4. The van der Waals surface area contributed by atoms with Crippen LogP contribution in [0.25, 0.3) is 11.3 Å². The molecule has 320 valence electrons. The Labute approximate surface area is 351 Å². The van der Waals surface area contributed by atoms with Crippen molar-refractivity contribution in [1.82, 2.24) is 10.2 Å². The van der Waals surface area contributed by atoms with E-state index in [1.54, 1.807) is 0 Å². The van der Waals surface area contributed by atoms with E-state index in [4.69, 9.17) is 16.0 Å². The number of benzene rings is 1. The van der Waals surface area contributed by atoms with E-state index in [0.29, 0.717) is 49.6 Å². The van der Waals surface area contributed by atoms with Crippen LogP contribution in [-0.2, 0) is 6.18 Å². The SMILES string of the molecule is CC(C)NC(=O)N(C[C@@H]1CC[C@H]2C[C@@H]1C2(C)C)C[C@]1(O)CC[C@H]2[C@]34C=C[C@@]5(C=C3C(=O)c3ccc(-c6cc(C(F)(F)F)ccc6Cl)o3)CC(O)CC[C@]5(C)[C@H]4CC[C@@]21C. The third-order valence-corrected chi connectivity index (χ3v) is 18.3. The van der Waals surface area contributed by atoms with Crippen LogP contribution in [0.1, 0.15) is 122 Å². The summed E-state index contributed by atoms with van der Waals surface area (Å²) in [5.41, 5.74) is -3.52. The van der Waals surface area contributed by atoms with Crippen molar-refractivity contribution < 1.29 is 37.4 Å². The monoisotopic (exact) mass is 836 g/mol. The molecule has 0 aliphatic heterocycles. The molecule has 9 aliphatic carbocycles. The quantitative estimate of drug-likeness (QED) is 0.182. The first-order chi connectivity index (χ1) is 27.6. The van der Waals surface area contributed by atoms with Crippen molar-refractivity contribution in [2.45, 2.75) is 130 Å². The van der Waals surface area contributed by atoms with Crippen LogP contribution in [0, 0.1) is 56.7 Å². The Morgan fingerprint density at radius 3 is 2.37 bits per heavy atom. The average molecular weight is 837 g/mol. The minimum Gasteiger partial charge on any atom is -0.453 e. The van der Waals surface area contributed by atoms with Gasteiger partial charge in [0.15, 0.2) is 5.76 Å². The number of halogens is 4. The number of hydrogen-bond acceptors (Lipinski definition) is 5. The number of carbonyl (C=O) groups excluding carboxylic acids is 2. The minimum absolute atomic E-state index is 0.00831. The zero-order valence-electron chi connectivity index (χ0n) is 35.2. The largest absolute Gasteiger partial charge is 0.453 e. The lowest BCUT2D eigenvalue weighted by molar-refractivity contribution is -0.176. The number of amides is 2. The highest BCUT2D eigenvalue weighted by molar-refractivity contribution is 6.33. The van der Waals surface area contributed by atoms with Crippen molar-refractivity contribution >= 4 is 23.4 Å². The lowest BCUT2D eigenvalue weighted by Gasteiger charge is -2.71. The van der Waals surface area contributed by atoms with Gasteiger partial charge in [-0.05, 0) is 149 Å². The molecule has 0 radical (unpaired) electrons. The molecule has 1 aromatic carbocycles. The Balaban J connectivity index is 1.09. The number of nitrogens with one attached hydrogen (secondary N) is 1. The summed E-state index contributed by atoms with van der Waals surface area (Å²) in [6, 6.07) is 5.86. The number of urea groups is 1. The first kappa shape index (κ1) is 41.3. The summed E-state index contributed by atoms with van der Waals surface area (Å²) in [6.07, 6.45) is 9.42. The van der Waals surface area contributed by atoms with Gasteiger partial charge in [0, 0.05) is 40.0 Å². The maximum atomic E-state index is 15.2. The van der Waals surface area contributed by atoms with Crippen LogP contribution < -0.4 is 5.32 Å². The van der Waals surface area contributed by atoms with Gasteiger partial charge in [-0.2, -0.15) is 13.2 Å².